The van der Waals surface area contributed by atoms with E-state index in [-0.39, 0.29) is 11.2 Å². The first-order valence-corrected chi connectivity index (χ1v) is 9.59. The Balaban J connectivity index is 1.35. The molecule has 2 aromatic rings. The Morgan fingerprint density at radius 2 is 1.19 bits per heavy atom. The van der Waals surface area contributed by atoms with Gasteiger partial charge in [0.25, 0.3) is 0 Å². The summed E-state index contributed by atoms with van der Waals surface area (Å²) in [5, 5.41) is 0. The largest absolute Gasteiger partial charge is 0.658 e. The second-order valence-electron chi connectivity index (χ2n) is 8.59. The van der Waals surface area contributed by atoms with Crippen molar-refractivity contribution in [2.75, 3.05) is 0 Å². The molecule has 1 radical (unpaired) electrons. The van der Waals surface area contributed by atoms with Crippen molar-refractivity contribution >= 4 is 7.69 Å². The van der Waals surface area contributed by atoms with Gasteiger partial charge >= 0.3 is 7.69 Å². The molecule has 0 amide bonds. The van der Waals surface area contributed by atoms with Crippen LogP contribution < -0.4 is 18.8 Å². The van der Waals surface area contributed by atoms with Gasteiger partial charge in [-0.25, -0.2) is 0 Å². The van der Waals surface area contributed by atoms with Crippen LogP contribution in [0.1, 0.15) is 51.7 Å². The van der Waals surface area contributed by atoms with Crippen LogP contribution in [-0.4, -0.2) is 18.9 Å². The van der Waals surface area contributed by atoms with Gasteiger partial charge in [-0.05, 0) is 101 Å². The van der Waals surface area contributed by atoms with Crippen LogP contribution in [0.2, 0.25) is 0 Å². The van der Waals surface area contributed by atoms with Gasteiger partial charge < -0.3 is 18.8 Å². The molecule has 4 nitrogen and oxygen atoms in total. The van der Waals surface area contributed by atoms with Crippen molar-refractivity contribution in [3.8, 4) is 23.0 Å². The lowest BCUT2D eigenvalue weighted by Crippen LogP contribution is -2.32. The predicted octanol–water partition coefficient (Wildman–Crippen LogP) is 4.89. The minimum absolute atomic E-state index is 0.101. The highest BCUT2D eigenvalue weighted by molar-refractivity contribution is 6.20. The standard InChI is InChI=1S/C22H26BO4/c1-21(2)11-9-15-13-17(5-7-19(15)24-21)26-23-27-18-6-8-20-16(14-18)10-12-22(3,4)25-20/h5-8,13-14H,9-12H2,1-4H3. The maximum Gasteiger partial charge on any atom is 0.658 e. The minimum atomic E-state index is -0.101. The van der Waals surface area contributed by atoms with Crippen molar-refractivity contribution in [3.63, 3.8) is 0 Å². The van der Waals surface area contributed by atoms with E-state index in [1.807, 2.05) is 36.4 Å². The fourth-order valence-electron chi connectivity index (χ4n) is 3.55. The number of aryl methyl sites for hydroxylation is 2. The minimum Gasteiger partial charge on any atom is -0.526 e. The molecule has 0 unspecified atom stereocenters. The van der Waals surface area contributed by atoms with Gasteiger partial charge in [0.1, 0.15) is 34.2 Å². The van der Waals surface area contributed by atoms with Crippen LogP contribution in [0.3, 0.4) is 0 Å². The molecule has 0 atom stereocenters. The van der Waals surface area contributed by atoms with Gasteiger partial charge in [0, 0.05) is 0 Å². The third kappa shape index (κ3) is 4.18. The molecule has 141 valence electrons. The summed E-state index contributed by atoms with van der Waals surface area (Å²) in [5.74, 6) is 3.38. The summed E-state index contributed by atoms with van der Waals surface area (Å²) in [6.45, 7) is 8.47. The fourth-order valence-corrected chi connectivity index (χ4v) is 3.55. The molecule has 0 aromatic heterocycles. The van der Waals surface area contributed by atoms with E-state index in [0.29, 0.717) is 0 Å². The fraction of sp³-hybridized carbons (Fsp3) is 0.455. The predicted molar refractivity (Wildman–Crippen MR) is 106 cm³/mol. The molecule has 0 N–H and O–H groups in total. The van der Waals surface area contributed by atoms with Gasteiger partial charge in [-0.2, -0.15) is 0 Å². The number of ether oxygens (including phenoxy) is 2. The molecule has 2 aliphatic rings. The molecule has 0 spiro atoms. The van der Waals surface area contributed by atoms with Gasteiger partial charge in [0.05, 0.1) is 0 Å². The molecular weight excluding hydrogens is 339 g/mol. The van der Waals surface area contributed by atoms with E-state index in [9.17, 15) is 0 Å². The van der Waals surface area contributed by atoms with E-state index in [0.717, 1.165) is 48.7 Å². The molecule has 2 aliphatic heterocycles. The Hall–Kier alpha value is -2.30. The van der Waals surface area contributed by atoms with E-state index in [4.69, 9.17) is 18.8 Å². The third-order valence-electron chi connectivity index (χ3n) is 5.20. The van der Waals surface area contributed by atoms with E-state index in [1.54, 1.807) is 0 Å². The summed E-state index contributed by atoms with van der Waals surface area (Å²) in [7, 11) is 1.38. The lowest BCUT2D eigenvalue weighted by molar-refractivity contribution is 0.0842. The van der Waals surface area contributed by atoms with Crippen molar-refractivity contribution in [1.82, 2.24) is 0 Å². The topological polar surface area (TPSA) is 36.9 Å². The maximum absolute atomic E-state index is 6.01. The zero-order valence-electron chi connectivity index (χ0n) is 16.5. The molecule has 0 saturated heterocycles. The molecule has 0 saturated carbocycles. The van der Waals surface area contributed by atoms with E-state index in [1.165, 1.54) is 18.8 Å². The van der Waals surface area contributed by atoms with Gasteiger partial charge in [-0.3, -0.25) is 0 Å². The normalized spacial score (nSPS) is 19.0. The Kier molecular flexibility index (Phi) is 4.49. The smallest absolute Gasteiger partial charge is 0.526 e. The highest BCUT2D eigenvalue weighted by Gasteiger charge is 2.27. The molecular formula is C22H26BO4. The second kappa shape index (κ2) is 6.70. The number of rotatable bonds is 4. The molecule has 5 heteroatoms. The van der Waals surface area contributed by atoms with Crippen LogP contribution in [0, 0.1) is 0 Å². The first kappa shape index (κ1) is 18.1. The molecule has 2 aromatic carbocycles. The van der Waals surface area contributed by atoms with E-state index < -0.39 is 0 Å². The molecule has 0 fully saturated rings. The van der Waals surface area contributed by atoms with Crippen LogP contribution in [-0.2, 0) is 12.8 Å². The Labute approximate surface area is 162 Å². The number of fused-ring (bicyclic) bond motifs is 2. The quantitative estimate of drug-likeness (QED) is 0.724. The van der Waals surface area contributed by atoms with Gasteiger partial charge in [0.15, 0.2) is 0 Å². The SMILES string of the molecule is CC1(C)CCc2cc(O[B]Oc3ccc4c(c3)CCC(C)(C)O4)ccc2O1. The highest BCUT2D eigenvalue weighted by atomic mass is 16.6. The highest BCUT2D eigenvalue weighted by Crippen LogP contribution is 2.36. The first-order chi connectivity index (χ1) is 12.8. The lowest BCUT2D eigenvalue weighted by atomic mass is 9.94. The van der Waals surface area contributed by atoms with Crippen molar-refractivity contribution in [2.24, 2.45) is 0 Å². The van der Waals surface area contributed by atoms with Crippen LogP contribution >= 0.6 is 0 Å². The second-order valence-corrected chi connectivity index (χ2v) is 8.59. The van der Waals surface area contributed by atoms with Crippen LogP contribution in [0.4, 0.5) is 0 Å². The summed E-state index contributed by atoms with van der Waals surface area (Å²) in [5.41, 5.74) is 2.15. The van der Waals surface area contributed by atoms with Crippen LogP contribution in [0.5, 0.6) is 23.0 Å². The van der Waals surface area contributed by atoms with E-state index >= 15 is 0 Å². The Morgan fingerprint density at radius 1 is 0.741 bits per heavy atom. The molecule has 4 rings (SSSR count). The molecule has 0 aliphatic carbocycles. The molecule has 0 bridgehead atoms. The summed E-state index contributed by atoms with van der Waals surface area (Å²) >= 11 is 0. The van der Waals surface area contributed by atoms with Crippen molar-refractivity contribution in [1.29, 1.82) is 0 Å². The number of hydrogen-bond acceptors (Lipinski definition) is 4. The monoisotopic (exact) mass is 365 g/mol. The van der Waals surface area contributed by atoms with Crippen molar-refractivity contribution in [3.05, 3.63) is 47.5 Å². The third-order valence-corrected chi connectivity index (χ3v) is 5.20. The Bertz CT molecular complexity index is 775. The van der Waals surface area contributed by atoms with Gasteiger partial charge in [-0.1, -0.05) is 0 Å². The van der Waals surface area contributed by atoms with Gasteiger partial charge in [-0.15, -0.1) is 0 Å². The van der Waals surface area contributed by atoms with Crippen LogP contribution in [0.15, 0.2) is 36.4 Å². The molecule has 27 heavy (non-hydrogen) atoms. The average molecular weight is 365 g/mol. The summed E-state index contributed by atoms with van der Waals surface area (Å²) < 4.78 is 23.4. The zero-order valence-corrected chi connectivity index (χ0v) is 16.5. The summed E-state index contributed by atoms with van der Waals surface area (Å²) in [6, 6.07) is 11.8. The van der Waals surface area contributed by atoms with E-state index in [2.05, 4.69) is 27.7 Å². The van der Waals surface area contributed by atoms with Crippen molar-refractivity contribution in [2.45, 2.75) is 64.6 Å². The average Bonchev–Trinajstić information content (AvgIpc) is 2.61. The molecule has 2 heterocycles. The number of benzene rings is 2. The number of hydrogen-bond donors (Lipinski definition) is 0. The maximum atomic E-state index is 6.01. The lowest BCUT2D eigenvalue weighted by Gasteiger charge is -2.32. The van der Waals surface area contributed by atoms with Gasteiger partial charge in [0.2, 0.25) is 0 Å². The van der Waals surface area contributed by atoms with Crippen LogP contribution in [0.25, 0.3) is 0 Å². The zero-order chi connectivity index (χ0) is 19.1. The summed E-state index contributed by atoms with van der Waals surface area (Å²) in [4.78, 5) is 0. The summed E-state index contributed by atoms with van der Waals surface area (Å²) in [6.07, 6.45) is 3.97. The first-order valence-electron chi connectivity index (χ1n) is 9.59. The Morgan fingerprint density at radius 3 is 1.63 bits per heavy atom. The van der Waals surface area contributed by atoms with Crippen molar-refractivity contribution < 1.29 is 18.8 Å².